The summed E-state index contributed by atoms with van der Waals surface area (Å²) >= 11 is 0. The molecule has 0 saturated carbocycles. The lowest BCUT2D eigenvalue weighted by Gasteiger charge is -2.17. The molecular weight excluding hydrogens is 306 g/mol. The minimum atomic E-state index is -1.08. The number of anilines is 1. The molecule has 2 rings (SSSR count). The topological polar surface area (TPSA) is 102 Å². The van der Waals surface area contributed by atoms with E-state index in [9.17, 15) is 9.59 Å². The van der Waals surface area contributed by atoms with Gasteiger partial charge in [0.2, 0.25) is 5.91 Å². The molecule has 1 amide bonds. The van der Waals surface area contributed by atoms with Crippen molar-refractivity contribution in [2.75, 3.05) is 5.32 Å². The summed E-state index contributed by atoms with van der Waals surface area (Å²) in [6.45, 7) is 0.367. The third-order valence-electron chi connectivity index (χ3n) is 3.40. The smallest absolute Gasteiger partial charge is 0.305 e. The summed E-state index contributed by atoms with van der Waals surface area (Å²) in [4.78, 5) is 23.4. The van der Waals surface area contributed by atoms with Gasteiger partial charge in [-0.25, -0.2) is 0 Å². The zero-order chi connectivity index (χ0) is 17.4. The van der Waals surface area contributed by atoms with Crippen molar-refractivity contribution in [3.63, 3.8) is 0 Å². The van der Waals surface area contributed by atoms with Gasteiger partial charge in [-0.05, 0) is 17.7 Å². The molecule has 0 radical (unpaired) electrons. The Labute approximate surface area is 139 Å². The molecule has 0 fully saturated rings. The van der Waals surface area contributed by atoms with E-state index >= 15 is 0 Å². The van der Waals surface area contributed by atoms with Gasteiger partial charge >= 0.3 is 5.97 Å². The number of hydrogen-bond donors (Lipinski definition) is 3. The van der Waals surface area contributed by atoms with Crippen LogP contribution >= 0.6 is 0 Å². The highest BCUT2D eigenvalue weighted by molar-refractivity contribution is 5.97. The van der Waals surface area contributed by atoms with Crippen LogP contribution in [0.4, 0.5) is 5.69 Å². The van der Waals surface area contributed by atoms with Gasteiger partial charge in [0.25, 0.3) is 0 Å². The van der Waals surface area contributed by atoms with Gasteiger partial charge in [0, 0.05) is 6.54 Å². The molecule has 0 spiro atoms. The maximum atomic E-state index is 12.4. The van der Waals surface area contributed by atoms with E-state index in [-0.39, 0.29) is 6.42 Å². The van der Waals surface area contributed by atoms with E-state index in [2.05, 4.69) is 10.6 Å². The summed E-state index contributed by atoms with van der Waals surface area (Å²) in [5.41, 5.74) is 1.63. The number of nitrogens with one attached hydrogen (secondary N) is 2. The van der Waals surface area contributed by atoms with Gasteiger partial charge in [-0.2, -0.15) is 5.26 Å². The summed E-state index contributed by atoms with van der Waals surface area (Å²) in [6.07, 6.45) is -0.354. The lowest BCUT2D eigenvalue weighted by atomic mass is 10.1. The molecule has 0 aliphatic rings. The number of rotatable bonds is 7. The van der Waals surface area contributed by atoms with Crippen LogP contribution in [0.5, 0.6) is 0 Å². The zero-order valence-electron chi connectivity index (χ0n) is 12.9. The van der Waals surface area contributed by atoms with E-state index in [1.54, 1.807) is 24.3 Å². The summed E-state index contributed by atoms with van der Waals surface area (Å²) in [5.74, 6) is -1.57. The molecule has 2 aromatic rings. The highest BCUT2D eigenvalue weighted by atomic mass is 16.4. The Morgan fingerprint density at radius 3 is 2.42 bits per heavy atom. The molecule has 24 heavy (non-hydrogen) atoms. The van der Waals surface area contributed by atoms with Crippen LogP contribution in [0.1, 0.15) is 17.5 Å². The van der Waals surface area contributed by atoms with Crippen molar-refractivity contribution < 1.29 is 14.7 Å². The van der Waals surface area contributed by atoms with Crippen LogP contribution in [0.15, 0.2) is 54.6 Å². The normalized spacial score (nSPS) is 11.3. The second kappa shape index (κ2) is 8.46. The Balaban J connectivity index is 2.07. The van der Waals surface area contributed by atoms with Crippen molar-refractivity contribution in [2.24, 2.45) is 0 Å². The SMILES string of the molecule is N#Cc1ccccc1NC(=O)C(CC(=O)O)NCc1ccccc1. The van der Waals surface area contributed by atoms with Crippen molar-refractivity contribution in [3.05, 3.63) is 65.7 Å². The molecule has 0 aromatic heterocycles. The number of hydrogen-bond acceptors (Lipinski definition) is 4. The monoisotopic (exact) mass is 323 g/mol. The van der Waals surface area contributed by atoms with Crippen molar-refractivity contribution in [2.45, 2.75) is 19.0 Å². The quantitative estimate of drug-likeness (QED) is 0.724. The number of amides is 1. The maximum absolute atomic E-state index is 12.4. The fourth-order valence-corrected chi connectivity index (χ4v) is 2.18. The third kappa shape index (κ3) is 4.93. The Bertz CT molecular complexity index is 754. The van der Waals surface area contributed by atoms with Crippen molar-refractivity contribution in [1.82, 2.24) is 5.32 Å². The Kier molecular flexibility index (Phi) is 6.06. The van der Waals surface area contributed by atoms with Crippen molar-refractivity contribution in [3.8, 4) is 6.07 Å². The number of para-hydroxylation sites is 1. The molecule has 6 nitrogen and oxygen atoms in total. The molecular formula is C18H17N3O3. The molecule has 3 N–H and O–H groups in total. The molecule has 0 heterocycles. The molecule has 1 unspecified atom stereocenters. The first kappa shape index (κ1) is 17.2. The van der Waals surface area contributed by atoms with Crippen molar-refractivity contribution >= 4 is 17.6 Å². The van der Waals surface area contributed by atoms with Crippen LogP contribution in [-0.4, -0.2) is 23.0 Å². The van der Waals surface area contributed by atoms with E-state index in [1.807, 2.05) is 36.4 Å². The number of benzene rings is 2. The first-order valence-electron chi connectivity index (χ1n) is 7.39. The number of aliphatic carboxylic acids is 1. The van der Waals surface area contributed by atoms with Gasteiger partial charge in [-0.15, -0.1) is 0 Å². The lowest BCUT2D eigenvalue weighted by molar-refractivity contribution is -0.139. The summed E-state index contributed by atoms with van der Waals surface area (Å²) < 4.78 is 0. The van der Waals surface area contributed by atoms with Gasteiger partial charge in [0.05, 0.1) is 23.7 Å². The van der Waals surface area contributed by atoms with E-state index in [0.717, 1.165) is 5.56 Å². The van der Waals surface area contributed by atoms with Crippen LogP contribution in [0.2, 0.25) is 0 Å². The zero-order valence-corrected chi connectivity index (χ0v) is 12.9. The Morgan fingerprint density at radius 1 is 1.08 bits per heavy atom. The van der Waals surface area contributed by atoms with Gasteiger partial charge in [-0.1, -0.05) is 42.5 Å². The predicted molar refractivity (Wildman–Crippen MR) is 89.1 cm³/mol. The highest BCUT2D eigenvalue weighted by Gasteiger charge is 2.22. The molecule has 1 atom stereocenters. The third-order valence-corrected chi connectivity index (χ3v) is 3.40. The second-order valence-electron chi connectivity index (χ2n) is 5.16. The van der Waals surface area contributed by atoms with E-state index in [4.69, 9.17) is 10.4 Å². The largest absolute Gasteiger partial charge is 0.481 e. The number of carbonyl (C=O) groups excluding carboxylic acids is 1. The molecule has 0 bridgehead atoms. The molecule has 2 aromatic carbocycles. The minimum absolute atomic E-state index is 0.322. The molecule has 122 valence electrons. The molecule has 0 aliphatic heterocycles. The van der Waals surface area contributed by atoms with E-state index < -0.39 is 17.9 Å². The van der Waals surface area contributed by atoms with Crippen LogP contribution in [-0.2, 0) is 16.1 Å². The standard InChI is InChI=1S/C18H17N3O3/c19-11-14-8-4-5-9-15(14)21-18(24)16(10-17(22)23)20-12-13-6-2-1-3-7-13/h1-9,16,20H,10,12H2,(H,21,24)(H,22,23). The fraction of sp³-hybridized carbons (Fsp3) is 0.167. The first-order chi connectivity index (χ1) is 11.6. The summed E-state index contributed by atoms with van der Waals surface area (Å²) in [7, 11) is 0. The van der Waals surface area contributed by atoms with Gasteiger partial charge in [-0.3, -0.25) is 9.59 Å². The van der Waals surface area contributed by atoms with E-state index in [0.29, 0.717) is 17.8 Å². The summed E-state index contributed by atoms with van der Waals surface area (Å²) in [5, 5.41) is 23.6. The van der Waals surface area contributed by atoms with Crippen LogP contribution in [0.25, 0.3) is 0 Å². The second-order valence-corrected chi connectivity index (χ2v) is 5.16. The van der Waals surface area contributed by atoms with Crippen LogP contribution in [0, 0.1) is 11.3 Å². The first-order valence-corrected chi connectivity index (χ1v) is 7.39. The maximum Gasteiger partial charge on any atom is 0.305 e. The predicted octanol–water partition coefficient (Wildman–Crippen LogP) is 2.13. The number of nitrogens with zero attached hydrogens (tertiary/aromatic N) is 1. The minimum Gasteiger partial charge on any atom is -0.481 e. The molecule has 0 saturated heterocycles. The lowest BCUT2D eigenvalue weighted by Crippen LogP contribution is -2.41. The Hall–Kier alpha value is -3.17. The fourth-order valence-electron chi connectivity index (χ4n) is 2.18. The number of carboxylic acids is 1. The molecule has 0 aliphatic carbocycles. The van der Waals surface area contributed by atoms with Gasteiger partial charge in [0.1, 0.15) is 6.07 Å². The number of carbonyl (C=O) groups is 2. The van der Waals surface area contributed by atoms with Gasteiger partial charge < -0.3 is 15.7 Å². The summed E-state index contributed by atoms with van der Waals surface area (Å²) in [6, 6.07) is 17.0. The average Bonchev–Trinajstić information content (AvgIpc) is 2.59. The highest BCUT2D eigenvalue weighted by Crippen LogP contribution is 2.14. The van der Waals surface area contributed by atoms with Crippen molar-refractivity contribution in [1.29, 1.82) is 5.26 Å². The van der Waals surface area contributed by atoms with Crippen LogP contribution in [0.3, 0.4) is 0 Å². The molecule has 6 heteroatoms. The Morgan fingerprint density at radius 2 is 1.75 bits per heavy atom. The van der Waals surface area contributed by atoms with Gasteiger partial charge in [0.15, 0.2) is 0 Å². The average molecular weight is 323 g/mol. The number of carboxylic acid groups (broad SMARTS) is 1. The van der Waals surface area contributed by atoms with Crippen LogP contribution < -0.4 is 10.6 Å². The number of nitriles is 1. The van der Waals surface area contributed by atoms with E-state index in [1.165, 1.54) is 0 Å².